The van der Waals surface area contributed by atoms with E-state index in [1.807, 2.05) is 12.6 Å². The quantitative estimate of drug-likeness (QED) is 0.711. The summed E-state index contributed by atoms with van der Waals surface area (Å²) in [4.78, 5) is 4.32. The Morgan fingerprint density at radius 1 is 1.54 bits per heavy atom. The molecule has 1 N–H and O–H groups in total. The van der Waals surface area contributed by atoms with Crippen LogP contribution >= 0.6 is 11.3 Å². The van der Waals surface area contributed by atoms with E-state index >= 15 is 0 Å². The molecule has 0 fully saturated rings. The monoisotopic (exact) mass is 198 g/mol. The number of thiazole rings is 1. The summed E-state index contributed by atoms with van der Waals surface area (Å²) in [7, 11) is 2.01. The highest BCUT2D eigenvalue weighted by molar-refractivity contribution is 7.07. The van der Waals surface area contributed by atoms with E-state index in [1.165, 1.54) is 31.4 Å². The molecule has 0 bridgehead atoms. The molecule has 0 aromatic carbocycles. The van der Waals surface area contributed by atoms with Gasteiger partial charge in [0, 0.05) is 5.38 Å². The maximum atomic E-state index is 4.32. The largest absolute Gasteiger partial charge is 0.312 e. The highest BCUT2D eigenvalue weighted by Crippen LogP contribution is 2.18. The molecule has 0 spiro atoms. The molecule has 0 saturated heterocycles. The molecular formula is C10H18N2S. The summed E-state index contributed by atoms with van der Waals surface area (Å²) in [6.45, 7) is 2.23. The molecule has 1 aromatic rings. The number of nitrogens with zero attached hydrogens (tertiary/aromatic N) is 1. The molecular weight excluding hydrogens is 180 g/mol. The van der Waals surface area contributed by atoms with Gasteiger partial charge in [0.1, 0.15) is 0 Å². The van der Waals surface area contributed by atoms with E-state index in [-0.39, 0.29) is 0 Å². The predicted molar refractivity (Wildman–Crippen MR) is 58.1 cm³/mol. The van der Waals surface area contributed by atoms with Crippen molar-refractivity contribution in [1.29, 1.82) is 0 Å². The second-order valence-electron chi connectivity index (χ2n) is 3.25. The fourth-order valence-electron chi connectivity index (χ4n) is 1.43. The van der Waals surface area contributed by atoms with E-state index in [9.17, 15) is 0 Å². The number of hydrogen-bond acceptors (Lipinski definition) is 3. The highest BCUT2D eigenvalue weighted by Gasteiger charge is 2.09. The van der Waals surface area contributed by atoms with Crippen LogP contribution in [0, 0.1) is 0 Å². The third kappa shape index (κ3) is 3.44. The third-order valence-corrected chi connectivity index (χ3v) is 2.86. The fraction of sp³-hybridized carbons (Fsp3) is 0.700. The molecule has 3 heteroatoms. The summed E-state index contributed by atoms with van der Waals surface area (Å²) >= 11 is 1.67. The number of hydrogen-bond donors (Lipinski definition) is 1. The Morgan fingerprint density at radius 3 is 2.92 bits per heavy atom. The average Bonchev–Trinajstić information content (AvgIpc) is 2.65. The van der Waals surface area contributed by atoms with Gasteiger partial charge in [-0.3, -0.25) is 0 Å². The zero-order valence-electron chi connectivity index (χ0n) is 8.42. The Kier molecular flexibility index (Phi) is 5.01. The minimum Gasteiger partial charge on any atom is -0.312 e. The van der Waals surface area contributed by atoms with Crippen LogP contribution in [0.25, 0.3) is 0 Å². The first-order valence-corrected chi connectivity index (χ1v) is 5.88. The maximum Gasteiger partial charge on any atom is 0.0795 e. The van der Waals surface area contributed by atoms with Crippen molar-refractivity contribution in [3.63, 3.8) is 0 Å². The molecule has 0 radical (unpaired) electrons. The molecule has 13 heavy (non-hydrogen) atoms. The van der Waals surface area contributed by atoms with Crippen LogP contribution in [0.2, 0.25) is 0 Å². The lowest BCUT2D eigenvalue weighted by Crippen LogP contribution is -2.16. The number of rotatable bonds is 6. The van der Waals surface area contributed by atoms with Gasteiger partial charge in [0.05, 0.1) is 17.2 Å². The minimum absolute atomic E-state index is 0.456. The van der Waals surface area contributed by atoms with Gasteiger partial charge in [0.15, 0.2) is 0 Å². The predicted octanol–water partition coefficient (Wildman–Crippen LogP) is 2.98. The van der Waals surface area contributed by atoms with Crippen molar-refractivity contribution in [3.05, 3.63) is 16.6 Å². The van der Waals surface area contributed by atoms with Crippen LogP contribution in [0.3, 0.4) is 0 Å². The van der Waals surface area contributed by atoms with E-state index in [2.05, 4.69) is 22.6 Å². The SMILES string of the molecule is CCCCCC(NC)c1cscn1. The van der Waals surface area contributed by atoms with E-state index in [4.69, 9.17) is 0 Å². The summed E-state index contributed by atoms with van der Waals surface area (Å²) in [5.41, 5.74) is 3.10. The molecule has 0 amide bonds. The zero-order valence-corrected chi connectivity index (χ0v) is 9.23. The van der Waals surface area contributed by atoms with Crippen LogP contribution in [0.15, 0.2) is 10.9 Å². The van der Waals surface area contributed by atoms with Gasteiger partial charge in [-0.05, 0) is 13.5 Å². The van der Waals surface area contributed by atoms with Crippen LogP contribution in [0.5, 0.6) is 0 Å². The highest BCUT2D eigenvalue weighted by atomic mass is 32.1. The van der Waals surface area contributed by atoms with Gasteiger partial charge >= 0.3 is 0 Å². The number of nitrogens with one attached hydrogen (secondary N) is 1. The molecule has 0 saturated carbocycles. The summed E-state index contributed by atoms with van der Waals surface area (Å²) in [6, 6.07) is 0.456. The van der Waals surface area contributed by atoms with Crippen LogP contribution in [-0.4, -0.2) is 12.0 Å². The van der Waals surface area contributed by atoms with Gasteiger partial charge in [-0.15, -0.1) is 11.3 Å². The second kappa shape index (κ2) is 6.11. The average molecular weight is 198 g/mol. The van der Waals surface area contributed by atoms with Crippen molar-refractivity contribution >= 4 is 11.3 Å². The third-order valence-electron chi connectivity index (χ3n) is 2.25. The van der Waals surface area contributed by atoms with Crippen molar-refractivity contribution in [3.8, 4) is 0 Å². The molecule has 2 nitrogen and oxygen atoms in total. The fourth-order valence-corrected chi connectivity index (χ4v) is 2.04. The summed E-state index contributed by atoms with van der Waals surface area (Å²) < 4.78 is 0. The Labute approximate surface area is 84.4 Å². The molecule has 0 aliphatic carbocycles. The molecule has 0 aliphatic heterocycles. The van der Waals surface area contributed by atoms with Gasteiger partial charge in [0.2, 0.25) is 0 Å². The minimum atomic E-state index is 0.456. The number of aromatic nitrogens is 1. The Balaban J connectivity index is 2.35. The lowest BCUT2D eigenvalue weighted by molar-refractivity contribution is 0.503. The van der Waals surface area contributed by atoms with Gasteiger partial charge in [-0.25, -0.2) is 4.98 Å². The first-order chi connectivity index (χ1) is 6.38. The first-order valence-electron chi connectivity index (χ1n) is 4.93. The van der Waals surface area contributed by atoms with E-state index < -0.39 is 0 Å². The van der Waals surface area contributed by atoms with Crippen LogP contribution in [-0.2, 0) is 0 Å². The first kappa shape index (κ1) is 10.7. The summed E-state index contributed by atoms with van der Waals surface area (Å²) in [5.74, 6) is 0. The van der Waals surface area contributed by atoms with Gasteiger partial charge in [-0.1, -0.05) is 26.2 Å². The van der Waals surface area contributed by atoms with E-state index in [0.29, 0.717) is 6.04 Å². The Bertz CT molecular complexity index is 209. The van der Waals surface area contributed by atoms with Crippen molar-refractivity contribution in [2.75, 3.05) is 7.05 Å². The molecule has 1 atom stereocenters. The van der Waals surface area contributed by atoms with Crippen molar-refractivity contribution in [1.82, 2.24) is 10.3 Å². The molecule has 1 aromatic heterocycles. The normalized spacial score (nSPS) is 13.1. The molecule has 1 rings (SSSR count). The Morgan fingerprint density at radius 2 is 2.38 bits per heavy atom. The second-order valence-corrected chi connectivity index (χ2v) is 3.97. The molecule has 1 heterocycles. The van der Waals surface area contributed by atoms with E-state index in [0.717, 1.165) is 0 Å². The lowest BCUT2D eigenvalue weighted by atomic mass is 10.1. The van der Waals surface area contributed by atoms with Crippen molar-refractivity contribution in [2.24, 2.45) is 0 Å². The zero-order chi connectivity index (χ0) is 9.52. The molecule has 74 valence electrons. The van der Waals surface area contributed by atoms with Gasteiger partial charge < -0.3 is 5.32 Å². The number of unbranched alkanes of at least 4 members (excludes halogenated alkanes) is 2. The standard InChI is InChI=1S/C10H18N2S/c1-3-4-5-6-9(11-2)10-7-13-8-12-10/h7-9,11H,3-6H2,1-2H3. The summed E-state index contributed by atoms with van der Waals surface area (Å²) in [5, 5.41) is 5.44. The summed E-state index contributed by atoms with van der Waals surface area (Å²) in [6.07, 6.45) is 5.10. The van der Waals surface area contributed by atoms with E-state index in [1.54, 1.807) is 11.3 Å². The van der Waals surface area contributed by atoms with Crippen LogP contribution in [0.1, 0.15) is 44.3 Å². The Hall–Kier alpha value is -0.410. The maximum absolute atomic E-state index is 4.32. The molecule has 0 aliphatic rings. The topological polar surface area (TPSA) is 24.9 Å². The smallest absolute Gasteiger partial charge is 0.0795 e. The van der Waals surface area contributed by atoms with Crippen LogP contribution < -0.4 is 5.32 Å². The van der Waals surface area contributed by atoms with Gasteiger partial charge in [-0.2, -0.15) is 0 Å². The molecule has 1 unspecified atom stereocenters. The van der Waals surface area contributed by atoms with Gasteiger partial charge in [0.25, 0.3) is 0 Å². The lowest BCUT2D eigenvalue weighted by Gasteiger charge is -2.12. The van der Waals surface area contributed by atoms with Crippen molar-refractivity contribution in [2.45, 2.75) is 38.6 Å². The van der Waals surface area contributed by atoms with Crippen molar-refractivity contribution < 1.29 is 0 Å². The van der Waals surface area contributed by atoms with Crippen LogP contribution in [0.4, 0.5) is 0 Å².